The van der Waals surface area contributed by atoms with Crippen LogP contribution in [0.15, 0.2) is 22.7 Å². The van der Waals surface area contributed by atoms with Crippen LogP contribution in [-0.2, 0) is 0 Å². The smallest absolute Gasteiger partial charge is 0.0895 e. The molecule has 1 aromatic carbocycles. The molecule has 1 unspecified atom stereocenters. The van der Waals surface area contributed by atoms with Gasteiger partial charge in [0.1, 0.15) is 0 Å². The second kappa shape index (κ2) is 6.03. The quantitative estimate of drug-likeness (QED) is 0.477. The Morgan fingerprint density at radius 3 is 2.73 bits per heavy atom. The highest BCUT2D eigenvalue weighted by atomic mass is 127. The highest BCUT2D eigenvalue weighted by molar-refractivity contribution is 14.1. The molecule has 0 heterocycles. The third-order valence-electron chi connectivity index (χ3n) is 1.90. The fraction of sp³-hybridized carbons (Fsp3) is 0.400. The van der Waals surface area contributed by atoms with Gasteiger partial charge in [-0.1, -0.05) is 6.92 Å². The molecule has 0 saturated carbocycles. The van der Waals surface area contributed by atoms with Crippen LogP contribution in [0.4, 0.5) is 5.69 Å². The highest BCUT2D eigenvalue weighted by Crippen LogP contribution is 2.27. The van der Waals surface area contributed by atoms with Gasteiger partial charge in [-0.25, -0.2) is 5.43 Å². The highest BCUT2D eigenvalue weighted by Gasteiger charge is 2.12. The van der Waals surface area contributed by atoms with Crippen LogP contribution in [0.5, 0.6) is 0 Å². The number of hydrazine groups is 1. The van der Waals surface area contributed by atoms with Gasteiger partial charge in [0, 0.05) is 14.6 Å². The van der Waals surface area contributed by atoms with Gasteiger partial charge < -0.3 is 5.73 Å². The number of nitrogens with one attached hydrogen (secondary N) is 1. The van der Waals surface area contributed by atoms with Crippen molar-refractivity contribution in [2.45, 2.75) is 20.0 Å². The minimum atomic E-state index is -0.0682. The van der Waals surface area contributed by atoms with Crippen LogP contribution in [0.25, 0.3) is 0 Å². The van der Waals surface area contributed by atoms with E-state index in [0.717, 1.165) is 16.7 Å². The van der Waals surface area contributed by atoms with Crippen molar-refractivity contribution in [3.8, 4) is 0 Å². The lowest BCUT2D eigenvalue weighted by Crippen LogP contribution is -2.49. The van der Waals surface area contributed by atoms with E-state index < -0.39 is 0 Å². The van der Waals surface area contributed by atoms with Crippen molar-refractivity contribution < 1.29 is 0 Å². The summed E-state index contributed by atoms with van der Waals surface area (Å²) in [5, 5.41) is 1.96. The van der Waals surface area contributed by atoms with Gasteiger partial charge in [-0.05, 0) is 63.6 Å². The molecule has 0 aliphatic heterocycles. The topological polar surface area (TPSA) is 41.3 Å². The fourth-order valence-corrected chi connectivity index (χ4v) is 2.78. The SMILES string of the molecule is CCNN(c1ccc(I)cc1Br)C(C)N. The molecule has 0 radical (unpaired) electrons. The van der Waals surface area contributed by atoms with Gasteiger partial charge in [0.05, 0.1) is 11.9 Å². The predicted octanol–water partition coefficient (Wildman–Crippen LogP) is 2.69. The van der Waals surface area contributed by atoms with Crippen LogP contribution in [0.3, 0.4) is 0 Å². The Labute approximate surface area is 113 Å². The summed E-state index contributed by atoms with van der Waals surface area (Å²) in [4.78, 5) is 0. The molecule has 84 valence electrons. The molecule has 0 fully saturated rings. The third-order valence-corrected chi connectivity index (χ3v) is 3.21. The van der Waals surface area contributed by atoms with Gasteiger partial charge in [0.2, 0.25) is 0 Å². The molecule has 0 saturated heterocycles. The molecule has 0 aromatic heterocycles. The number of nitrogens with zero attached hydrogens (tertiary/aromatic N) is 1. The number of nitrogens with two attached hydrogens (primary N) is 1. The molecule has 3 nitrogen and oxygen atoms in total. The van der Waals surface area contributed by atoms with Crippen molar-refractivity contribution in [3.05, 3.63) is 26.2 Å². The number of anilines is 1. The van der Waals surface area contributed by atoms with Crippen molar-refractivity contribution in [1.82, 2.24) is 5.43 Å². The average molecular weight is 384 g/mol. The number of benzene rings is 1. The molecule has 0 amide bonds. The van der Waals surface area contributed by atoms with Crippen molar-refractivity contribution in [3.63, 3.8) is 0 Å². The lowest BCUT2D eigenvalue weighted by molar-refractivity contribution is 0.561. The summed E-state index contributed by atoms with van der Waals surface area (Å²) in [7, 11) is 0. The maximum Gasteiger partial charge on any atom is 0.0895 e. The van der Waals surface area contributed by atoms with E-state index in [1.54, 1.807) is 0 Å². The van der Waals surface area contributed by atoms with E-state index in [-0.39, 0.29) is 6.17 Å². The van der Waals surface area contributed by atoms with Gasteiger partial charge >= 0.3 is 0 Å². The van der Waals surface area contributed by atoms with Crippen LogP contribution < -0.4 is 16.2 Å². The molecule has 0 bridgehead atoms. The Balaban J connectivity index is 3.00. The Morgan fingerprint density at radius 1 is 1.60 bits per heavy atom. The summed E-state index contributed by atoms with van der Waals surface area (Å²) < 4.78 is 2.25. The lowest BCUT2D eigenvalue weighted by Gasteiger charge is -2.29. The van der Waals surface area contributed by atoms with Gasteiger partial charge in [-0.3, -0.25) is 5.01 Å². The molecule has 3 N–H and O–H groups in total. The van der Waals surface area contributed by atoms with Gasteiger partial charge in [0.15, 0.2) is 0 Å². The Bertz CT molecular complexity index is 330. The summed E-state index contributed by atoms with van der Waals surface area (Å²) in [5.41, 5.74) is 10.2. The first-order valence-electron chi connectivity index (χ1n) is 4.79. The maximum atomic E-state index is 5.90. The minimum Gasteiger partial charge on any atom is -0.310 e. The molecule has 15 heavy (non-hydrogen) atoms. The molecule has 5 heteroatoms. The maximum absolute atomic E-state index is 5.90. The normalized spacial score (nSPS) is 12.6. The first-order valence-corrected chi connectivity index (χ1v) is 6.66. The van der Waals surface area contributed by atoms with E-state index in [9.17, 15) is 0 Å². The first-order chi connectivity index (χ1) is 7.06. The molecule has 1 rings (SSSR count). The molecule has 0 aliphatic rings. The van der Waals surface area contributed by atoms with Crippen molar-refractivity contribution in [2.24, 2.45) is 5.73 Å². The first kappa shape index (κ1) is 13.2. The summed E-state index contributed by atoms with van der Waals surface area (Å²) in [6.07, 6.45) is -0.0682. The Kier molecular flexibility index (Phi) is 5.31. The molecule has 1 aromatic rings. The number of hydrogen-bond acceptors (Lipinski definition) is 3. The third kappa shape index (κ3) is 3.58. The average Bonchev–Trinajstić information content (AvgIpc) is 2.15. The van der Waals surface area contributed by atoms with Crippen molar-refractivity contribution in [2.75, 3.05) is 11.6 Å². The van der Waals surface area contributed by atoms with Crippen LogP contribution >= 0.6 is 38.5 Å². The van der Waals surface area contributed by atoms with E-state index in [1.165, 1.54) is 3.57 Å². The number of hydrogen-bond donors (Lipinski definition) is 2. The molecular formula is C10H15BrIN3. The van der Waals surface area contributed by atoms with Gasteiger partial charge in [0.25, 0.3) is 0 Å². The number of halogens is 2. The standard InChI is InChI=1S/C10H15BrIN3/c1-3-14-15(7(2)13)10-5-4-8(12)6-9(10)11/h4-7,14H,3,13H2,1-2H3. The van der Waals surface area contributed by atoms with E-state index in [1.807, 2.05) is 11.9 Å². The van der Waals surface area contributed by atoms with E-state index in [0.29, 0.717) is 0 Å². The summed E-state index contributed by atoms with van der Waals surface area (Å²) in [6, 6.07) is 6.19. The molecule has 0 spiro atoms. The van der Waals surface area contributed by atoms with Gasteiger partial charge in [-0.2, -0.15) is 0 Å². The number of rotatable bonds is 4. The molecular weight excluding hydrogens is 369 g/mol. The molecule has 1 atom stereocenters. The van der Waals surface area contributed by atoms with Crippen molar-refractivity contribution in [1.29, 1.82) is 0 Å². The Hall–Kier alpha value is 0.150. The summed E-state index contributed by atoms with van der Waals surface area (Å²) >= 11 is 5.83. The zero-order valence-electron chi connectivity index (χ0n) is 8.80. The minimum absolute atomic E-state index is 0.0682. The monoisotopic (exact) mass is 383 g/mol. The van der Waals surface area contributed by atoms with Crippen LogP contribution in [0.1, 0.15) is 13.8 Å². The van der Waals surface area contributed by atoms with E-state index >= 15 is 0 Å². The predicted molar refractivity (Wildman–Crippen MR) is 76.7 cm³/mol. The van der Waals surface area contributed by atoms with Crippen LogP contribution in [0.2, 0.25) is 0 Å². The second-order valence-corrected chi connectivity index (χ2v) is 5.32. The Morgan fingerprint density at radius 2 is 2.27 bits per heavy atom. The zero-order chi connectivity index (χ0) is 11.4. The van der Waals surface area contributed by atoms with Crippen LogP contribution in [0, 0.1) is 3.57 Å². The summed E-state index contributed by atoms with van der Waals surface area (Å²) in [5.74, 6) is 0. The lowest BCUT2D eigenvalue weighted by atomic mass is 10.3. The fourth-order valence-electron chi connectivity index (χ4n) is 1.30. The second-order valence-electron chi connectivity index (χ2n) is 3.22. The largest absolute Gasteiger partial charge is 0.310 e. The van der Waals surface area contributed by atoms with Crippen molar-refractivity contribution >= 4 is 44.2 Å². The summed E-state index contributed by atoms with van der Waals surface area (Å²) in [6.45, 7) is 4.85. The molecule has 0 aliphatic carbocycles. The zero-order valence-corrected chi connectivity index (χ0v) is 12.5. The van der Waals surface area contributed by atoms with Crippen LogP contribution in [-0.4, -0.2) is 12.7 Å². The van der Waals surface area contributed by atoms with E-state index in [4.69, 9.17) is 5.73 Å². The van der Waals surface area contributed by atoms with E-state index in [2.05, 4.69) is 69.1 Å². The van der Waals surface area contributed by atoms with Gasteiger partial charge in [-0.15, -0.1) is 0 Å².